The molecule has 1 saturated carbocycles. The number of halogens is 2. The summed E-state index contributed by atoms with van der Waals surface area (Å²) < 4.78 is 31.2. The summed E-state index contributed by atoms with van der Waals surface area (Å²) in [6.07, 6.45) is 6.18. The van der Waals surface area contributed by atoms with Crippen molar-refractivity contribution in [2.24, 2.45) is 0 Å². The first-order valence-electron chi connectivity index (χ1n) is 11.6. The van der Waals surface area contributed by atoms with E-state index < -0.39 is 28.8 Å². The third kappa shape index (κ3) is 3.74. The summed E-state index contributed by atoms with van der Waals surface area (Å²) in [6.45, 7) is 1.73. The average molecular weight is 476 g/mol. The highest BCUT2D eigenvalue weighted by atomic mass is 19.1. The Morgan fingerprint density at radius 3 is 2.43 bits per heavy atom. The lowest BCUT2D eigenvalue weighted by Gasteiger charge is -2.23. The van der Waals surface area contributed by atoms with E-state index in [0.29, 0.717) is 16.4 Å². The molecule has 2 aliphatic rings. The van der Waals surface area contributed by atoms with Gasteiger partial charge in [0, 0.05) is 24.5 Å². The maximum Gasteiger partial charge on any atom is 0.276 e. The van der Waals surface area contributed by atoms with Gasteiger partial charge in [0.2, 0.25) is 0 Å². The van der Waals surface area contributed by atoms with Crippen LogP contribution in [0.1, 0.15) is 42.2 Å². The van der Waals surface area contributed by atoms with Crippen LogP contribution in [0.4, 0.5) is 20.2 Å². The molecule has 0 radical (unpaired) electrons. The van der Waals surface area contributed by atoms with Crippen LogP contribution in [0.25, 0.3) is 16.6 Å². The molecule has 2 aromatic heterocycles. The first-order valence-corrected chi connectivity index (χ1v) is 11.6. The molecule has 2 aromatic carbocycles. The minimum absolute atomic E-state index is 0.145. The highest BCUT2D eigenvalue weighted by Gasteiger charge is 2.28. The van der Waals surface area contributed by atoms with Crippen molar-refractivity contribution >= 4 is 28.2 Å². The van der Waals surface area contributed by atoms with Crippen molar-refractivity contribution in [2.45, 2.75) is 31.7 Å². The van der Waals surface area contributed by atoms with Crippen LogP contribution in [0, 0.1) is 11.6 Å². The Balaban J connectivity index is 1.39. The van der Waals surface area contributed by atoms with E-state index in [-0.39, 0.29) is 5.69 Å². The van der Waals surface area contributed by atoms with Crippen LogP contribution in [0.3, 0.4) is 0 Å². The van der Waals surface area contributed by atoms with Gasteiger partial charge >= 0.3 is 0 Å². The van der Waals surface area contributed by atoms with Gasteiger partial charge < -0.3 is 10.2 Å². The van der Waals surface area contributed by atoms with Crippen LogP contribution in [-0.2, 0) is 0 Å². The van der Waals surface area contributed by atoms with E-state index in [1.165, 1.54) is 12.1 Å². The molecule has 2 fully saturated rings. The fourth-order valence-electron chi connectivity index (χ4n) is 4.67. The fraction of sp³-hybridized carbons (Fsp3) is 0.280. The van der Waals surface area contributed by atoms with Gasteiger partial charge in [0.25, 0.3) is 11.5 Å². The second-order valence-electron chi connectivity index (χ2n) is 8.90. The van der Waals surface area contributed by atoms with Crippen molar-refractivity contribution < 1.29 is 13.6 Å². The summed E-state index contributed by atoms with van der Waals surface area (Å²) >= 11 is 0. The monoisotopic (exact) mass is 476 g/mol. The molecule has 0 spiro atoms. The summed E-state index contributed by atoms with van der Waals surface area (Å²) in [5.41, 5.74) is 0.989. The molecule has 1 saturated heterocycles. The molecule has 35 heavy (non-hydrogen) atoms. The maximum absolute atomic E-state index is 14.3. The summed E-state index contributed by atoms with van der Waals surface area (Å²) in [4.78, 5) is 27.7. The zero-order chi connectivity index (χ0) is 24.1. The van der Waals surface area contributed by atoms with Crippen molar-refractivity contribution in [2.75, 3.05) is 23.3 Å². The predicted molar refractivity (Wildman–Crippen MR) is 127 cm³/mol. The van der Waals surface area contributed by atoms with Crippen LogP contribution in [0.15, 0.2) is 53.5 Å². The Kier molecular flexibility index (Phi) is 5.09. The van der Waals surface area contributed by atoms with Gasteiger partial charge in [-0.1, -0.05) is 6.07 Å². The van der Waals surface area contributed by atoms with Crippen molar-refractivity contribution in [1.29, 1.82) is 0 Å². The van der Waals surface area contributed by atoms with Crippen LogP contribution >= 0.6 is 0 Å². The lowest BCUT2D eigenvalue weighted by atomic mass is 10.1. The van der Waals surface area contributed by atoms with Crippen molar-refractivity contribution in [3.8, 4) is 5.69 Å². The number of nitrogens with one attached hydrogen (secondary N) is 1. The number of benzene rings is 2. The Hall–Kier alpha value is -4.08. The van der Waals surface area contributed by atoms with Crippen LogP contribution < -0.4 is 15.8 Å². The minimum Gasteiger partial charge on any atom is -0.369 e. The molecule has 0 bridgehead atoms. The normalized spacial score (nSPS) is 15.7. The van der Waals surface area contributed by atoms with Crippen LogP contribution in [-0.4, -0.2) is 38.6 Å². The number of para-hydroxylation sites is 1. The van der Waals surface area contributed by atoms with Gasteiger partial charge in [-0.05, 0) is 56.0 Å². The quantitative estimate of drug-likeness (QED) is 0.470. The molecule has 1 aliphatic carbocycles. The summed E-state index contributed by atoms with van der Waals surface area (Å²) in [6, 6.07) is 9.77. The second kappa shape index (κ2) is 8.30. The largest absolute Gasteiger partial charge is 0.369 e. The van der Waals surface area contributed by atoms with Crippen molar-refractivity contribution in [1.82, 2.24) is 19.6 Å². The van der Waals surface area contributed by atoms with Crippen molar-refractivity contribution in [3.05, 3.63) is 76.3 Å². The SMILES string of the molecule is O=C(Nc1ccc2c(cnn2C2CC2)c1N1CCCC1)c1ccc(=O)n(-c2c(F)cccc2F)n1. The second-order valence-corrected chi connectivity index (χ2v) is 8.90. The smallest absolute Gasteiger partial charge is 0.276 e. The third-order valence-electron chi connectivity index (χ3n) is 6.50. The molecular weight excluding hydrogens is 454 g/mol. The van der Waals surface area contributed by atoms with Gasteiger partial charge in [0.05, 0.1) is 29.1 Å². The molecule has 1 aliphatic heterocycles. The zero-order valence-electron chi connectivity index (χ0n) is 18.7. The third-order valence-corrected chi connectivity index (χ3v) is 6.50. The first kappa shape index (κ1) is 21.5. The standard InChI is InChI=1S/C25H22F2N6O2/c26-17-4-3-5-18(27)24(17)33-22(34)11-9-20(30-33)25(35)29-19-8-10-21-16(14-28-32(21)15-6-7-15)23(19)31-12-1-2-13-31/h3-5,8-11,14-15H,1-2,6-7,12-13H2,(H,29,35). The summed E-state index contributed by atoms with van der Waals surface area (Å²) in [7, 11) is 0. The number of fused-ring (bicyclic) bond motifs is 1. The lowest BCUT2D eigenvalue weighted by molar-refractivity contribution is 0.102. The highest BCUT2D eigenvalue weighted by molar-refractivity contribution is 6.08. The van der Waals surface area contributed by atoms with E-state index in [4.69, 9.17) is 0 Å². The molecular formula is C25H22F2N6O2. The van der Waals surface area contributed by atoms with Gasteiger partial charge in [-0.25, -0.2) is 8.78 Å². The average Bonchev–Trinajstić information content (AvgIpc) is 3.36. The molecule has 0 unspecified atom stereocenters. The zero-order valence-corrected chi connectivity index (χ0v) is 18.7. The molecule has 8 nitrogen and oxygen atoms in total. The van der Waals surface area contributed by atoms with E-state index in [9.17, 15) is 18.4 Å². The summed E-state index contributed by atoms with van der Waals surface area (Å²) in [5.74, 6) is -2.50. The number of aromatic nitrogens is 4. The molecule has 6 rings (SSSR count). The number of amides is 1. The van der Waals surface area contributed by atoms with Gasteiger partial charge in [0.1, 0.15) is 11.4 Å². The highest BCUT2D eigenvalue weighted by Crippen LogP contribution is 2.41. The molecule has 178 valence electrons. The number of hydrogen-bond donors (Lipinski definition) is 1. The number of carbonyl (C=O) groups excluding carboxylic acids is 1. The molecule has 1 amide bonds. The van der Waals surface area contributed by atoms with E-state index in [2.05, 4.69) is 20.4 Å². The molecule has 3 heterocycles. The molecule has 0 atom stereocenters. The first-order chi connectivity index (χ1) is 17.0. The minimum atomic E-state index is -0.952. The van der Waals surface area contributed by atoms with Gasteiger partial charge in [-0.2, -0.15) is 14.9 Å². The van der Waals surface area contributed by atoms with Gasteiger partial charge in [0.15, 0.2) is 11.6 Å². The number of anilines is 2. The number of carbonyl (C=O) groups is 1. The molecule has 4 aromatic rings. The fourth-order valence-corrected chi connectivity index (χ4v) is 4.67. The van der Waals surface area contributed by atoms with Crippen molar-refractivity contribution in [3.63, 3.8) is 0 Å². The van der Waals surface area contributed by atoms with E-state index in [0.717, 1.165) is 73.6 Å². The van der Waals surface area contributed by atoms with E-state index in [1.807, 2.05) is 23.0 Å². The van der Waals surface area contributed by atoms with Gasteiger partial charge in [-0.15, -0.1) is 0 Å². The molecule has 1 N–H and O–H groups in total. The van der Waals surface area contributed by atoms with Crippen LogP contribution in [0.5, 0.6) is 0 Å². The maximum atomic E-state index is 14.3. The van der Waals surface area contributed by atoms with E-state index >= 15 is 0 Å². The topological polar surface area (TPSA) is 85.0 Å². The summed E-state index contributed by atoms with van der Waals surface area (Å²) in [5, 5.41) is 12.4. The lowest BCUT2D eigenvalue weighted by Crippen LogP contribution is -2.27. The molecule has 10 heteroatoms. The Morgan fingerprint density at radius 1 is 0.971 bits per heavy atom. The Labute approximate surface area is 198 Å². The van der Waals surface area contributed by atoms with E-state index in [1.54, 1.807) is 0 Å². The predicted octanol–water partition coefficient (Wildman–Crippen LogP) is 4.05. The number of rotatable bonds is 5. The Bertz CT molecular complexity index is 1500. The Morgan fingerprint density at radius 2 is 1.71 bits per heavy atom. The number of hydrogen-bond acceptors (Lipinski definition) is 5. The van der Waals surface area contributed by atoms with Crippen LogP contribution in [0.2, 0.25) is 0 Å². The number of nitrogens with zero attached hydrogens (tertiary/aromatic N) is 5. The van der Waals surface area contributed by atoms with Gasteiger partial charge in [-0.3, -0.25) is 14.3 Å².